The van der Waals surface area contributed by atoms with E-state index in [1.165, 1.54) is 11.3 Å². The van der Waals surface area contributed by atoms with Crippen molar-refractivity contribution in [2.75, 3.05) is 38.8 Å². The average molecular weight is 442 g/mol. The molecule has 0 bridgehead atoms. The quantitative estimate of drug-likeness (QED) is 0.567. The molecule has 1 aromatic heterocycles. The normalized spacial score (nSPS) is 13.3. The molecular weight excluding hydrogens is 418 g/mol. The molecular formula is C22H23N3O5S. The van der Waals surface area contributed by atoms with E-state index in [0.717, 1.165) is 15.9 Å². The number of nitrogens with zero attached hydrogens (tertiary/aromatic N) is 3. The fourth-order valence-electron chi connectivity index (χ4n) is 3.23. The van der Waals surface area contributed by atoms with Gasteiger partial charge in [0.1, 0.15) is 19.8 Å². The minimum atomic E-state index is -0.402. The van der Waals surface area contributed by atoms with Crippen molar-refractivity contribution >= 4 is 39.1 Å². The van der Waals surface area contributed by atoms with Crippen LogP contribution in [0.3, 0.4) is 0 Å². The number of rotatable bonds is 5. The highest BCUT2D eigenvalue weighted by Gasteiger charge is 2.18. The van der Waals surface area contributed by atoms with Crippen molar-refractivity contribution in [3.05, 3.63) is 46.8 Å². The van der Waals surface area contributed by atoms with Crippen LogP contribution in [0.5, 0.6) is 11.5 Å². The van der Waals surface area contributed by atoms with Gasteiger partial charge >= 0.3 is 5.97 Å². The van der Waals surface area contributed by atoms with Crippen LogP contribution < -0.4 is 19.2 Å². The van der Waals surface area contributed by atoms with E-state index in [4.69, 9.17) is 14.2 Å². The van der Waals surface area contributed by atoms with Crippen LogP contribution in [0.25, 0.3) is 10.2 Å². The summed E-state index contributed by atoms with van der Waals surface area (Å²) >= 11 is 1.31. The van der Waals surface area contributed by atoms with E-state index >= 15 is 0 Å². The zero-order chi connectivity index (χ0) is 22.0. The number of amides is 1. The zero-order valence-corrected chi connectivity index (χ0v) is 18.4. The molecule has 2 heterocycles. The molecule has 0 saturated heterocycles. The number of aromatic nitrogens is 1. The number of carbonyl (C=O) groups is 2. The molecule has 0 unspecified atom stereocenters. The number of hydrogen-bond donors (Lipinski definition) is 0. The van der Waals surface area contributed by atoms with Crippen LogP contribution >= 0.6 is 11.3 Å². The van der Waals surface area contributed by atoms with Gasteiger partial charge < -0.3 is 23.7 Å². The molecule has 0 N–H and O–H groups in total. The van der Waals surface area contributed by atoms with E-state index in [-0.39, 0.29) is 19.1 Å². The van der Waals surface area contributed by atoms with E-state index in [9.17, 15) is 9.59 Å². The number of carbonyl (C=O) groups excluding carboxylic acids is 2. The monoisotopic (exact) mass is 441 g/mol. The molecule has 0 radical (unpaired) electrons. The molecule has 2 aromatic carbocycles. The van der Waals surface area contributed by atoms with Gasteiger partial charge in [-0.05, 0) is 31.2 Å². The van der Waals surface area contributed by atoms with Gasteiger partial charge in [0.05, 0.1) is 16.8 Å². The Balaban J connectivity index is 1.79. The van der Waals surface area contributed by atoms with Crippen molar-refractivity contribution in [3.63, 3.8) is 0 Å². The van der Waals surface area contributed by atoms with Crippen LogP contribution in [0.2, 0.25) is 0 Å². The maximum Gasteiger partial charge on any atom is 0.326 e. The summed E-state index contributed by atoms with van der Waals surface area (Å²) in [6, 6.07) is 10.9. The number of fused-ring (bicyclic) bond motifs is 2. The summed E-state index contributed by atoms with van der Waals surface area (Å²) in [6.45, 7) is 2.91. The number of thiazole rings is 1. The molecule has 0 fully saturated rings. The number of hydrogen-bond acceptors (Lipinski definition) is 7. The molecule has 1 aliphatic rings. The van der Waals surface area contributed by atoms with Crippen LogP contribution in [0.4, 0.5) is 5.69 Å². The molecule has 162 valence electrons. The van der Waals surface area contributed by atoms with Gasteiger partial charge in [-0.2, -0.15) is 4.99 Å². The molecule has 31 heavy (non-hydrogen) atoms. The summed E-state index contributed by atoms with van der Waals surface area (Å²) in [5, 5.41) is 0. The van der Waals surface area contributed by atoms with Gasteiger partial charge in [-0.25, -0.2) is 0 Å². The Morgan fingerprint density at radius 3 is 2.45 bits per heavy atom. The summed E-state index contributed by atoms with van der Waals surface area (Å²) in [5.74, 6) is 0.458. The van der Waals surface area contributed by atoms with Crippen molar-refractivity contribution in [1.82, 2.24) is 4.57 Å². The Kier molecular flexibility index (Phi) is 5.94. The number of esters is 1. The van der Waals surface area contributed by atoms with Gasteiger partial charge in [0, 0.05) is 37.5 Å². The highest BCUT2D eigenvalue weighted by Crippen LogP contribution is 2.35. The summed E-state index contributed by atoms with van der Waals surface area (Å²) < 4.78 is 19.0. The molecule has 9 heteroatoms. The molecule has 1 aliphatic heterocycles. The molecule has 1 amide bonds. The molecule has 3 aromatic rings. The zero-order valence-electron chi connectivity index (χ0n) is 17.6. The van der Waals surface area contributed by atoms with Crippen LogP contribution in [-0.2, 0) is 16.1 Å². The van der Waals surface area contributed by atoms with E-state index in [1.54, 1.807) is 23.6 Å². The number of anilines is 1. The molecule has 0 spiro atoms. The summed E-state index contributed by atoms with van der Waals surface area (Å²) in [7, 11) is 3.87. The van der Waals surface area contributed by atoms with Gasteiger partial charge in [-0.1, -0.05) is 11.3 Å². The summed E-state index contributed by atoms with van der Waals surface area (Å²) in [5.41, 5.74) is 2.19. The summed E-state index contributed by atoms with van der Waals surface area (Å²) in [6.07, 6.45) is 0. The van der Waals surface area contributed by atoms with Crippen LogP contribution in [0.1, 0.15) is 17.3 Å². The topological polar surface area (TPSA) is 82.4 Å². The van der Waals surface area contributed by atoms with Crippen molar-refractivity contribution in [2.45, 2.75) is 13.5 Å². The third-order valence-corrected chi connectivity index (χ3v) is 5.81. The van der Waals surface area contributed by atoms with E-state index in [1.807, 2.05) is 43.3 Å². The second-order valence-electron chi connectivity index (χ2n) is 7.10. The predicted octanol–water partition coefficient (Wildman–Crippen LogP) is 2.84. The first kappa shape index (κ1) is 20.9. The molecule has 0 atom stereocenters. The minimum Gasteiger partial charge on any atom is -0.486 e. The maximum atomic E-state index is 12.8. The van der Waals surface area contributed by atoms with Crippen LogP contribution in [0, 0.1) is 0 Å². The Morgan fingerprint density at radius 1 is 1.13 bits per heavy atom. The number of benzene rings is 2. The van der Waals surface area contributed by atoms with E-state index in [2.05, 4.69) is 4.99 Å². The second kappa shape index (κ2) is 8.81. The predicted molar refractivity (Wildman–Crippen MR) is 118 cm³/mol. The third kappa shape index (κ3) is 4.41. The molecule has 8 nitrogen and oxygen atoms in total. The largest absolute Gasteiger partial charge is 0.486 e. The molecule has 0 saturated carbocycles. The standard InChI is InChI=1S/C22H23N3O5S/c1-4-28-20(26)13-25-16-11-17-18(30-10-9-29-17)12-19(16)31-22(25)23-21(27)14-5-7-15(8-6-14)24(2)3/h5-8,11-12H,4,9-10,13H2,1-3H3. The lowest BCUT2D eigenvalue weighted by molar-refractivity contribution is -0.143. The van der Waals surface area contributed by atoms with Crippen LogP contribution in [0.15, 0.2) is 41.4 Å². The molecule has 4 rings (SSSR count). The smallest absolute Gasteiger partial charge is 0.326 e. The fraction of sp³-hybridized carbons (Fsp3) is 0.318. The fourth-order valence-corrected chi connectivity index (χ4v) is 4.27. The van der Waals surface area contributed by atoms with E-state index in [0.29, 0.717) is 35.1 Å². The Labute approximate surface area is 183 Å². The van der Waals surface area contributed by atoms with Gasteiger partial charge in [0.15, 0.2) is 16.3 Å². The SMILES string of the molecule is CCOC(=O)Cn1c(=NC(=O)c2ccc(N(C)C)cc2)sc2cc3c(cc21)OCCO3. The van der Waals surface area contributed by atoms with Crippen molar-refractivity contribution in [1.29, 1.82) is 0 Å². The summed E-state index contributed by atoms with van der Waals surface area (Å²) in [4.78, 5) is 31.8. The average Bonchev–Trinajstić information content (AvgIpc) is 3.08. The van der Waals surface area contributed by atoms with Crippen LogP contribution in [-0.4, -0.2) is 50.4 Å². The number of ether oxygens (including phenoxy) is 3. The first-order valence-corrected chi connectivity index (χ1v) is 10.7. The third-order valence-electron chi connectivity index (χ3n) is 4.77. The van der Waals surface area contributed by atoms with Gasteiger partial charge in [-0.15, -0.1) is 0 Å². The van der Waals surface area contributed by atoms with E-state index < -0.39 is 5.97 Å². The van der Waals surface area contributed by atoms with Gasteiger partial charge in [0.2, 0.25) is 0 Å². The Hall–Kier alpha value is -3.33. The van der Waals surface area contributed by atoms with Crippen molar-refractivity contribution in [3.8, 4) is 11.5 Å². The molecule has 0 aliphatic carbocycles. The first-order chi connectivity index (χ1) is 15.0. The second-order valence-corrected chi connectivity index (χ2v) is 8.11. The van der Waals surface area contributed by atoms with Gasteiger partial charge in [-0.3, -0.25) is 9.59 Å². The van der Waals surface area contributed by atoms with Crippen molar-refractivity contribution < 1.29 is 23.8 Å². The highest BCUT2D eigenvalue weighted by atomic mass is 32.1. The maximum absolute atomic E-state index is 12.8. The minimum absolute atomic E-state index is 0.0564. The van der Waals surface area contributed by atoms with Gasteiger partial charge in [0.25, 0.3) is 5.91 Å². The lowest BCUT2D eigenvalue weighted by atomic mass is 10.2. The Morgan fingerprint density at radius 2 is 1.81 bits per heavy atom. The first-order valence-electron chi connectivity index (χ1n) is 9.91. The lowest BCUT2D eigenvalue weighted by Gasteiger charge is -2.18. The highest BCUT2D eigenvalue weighted by molar-refractivity contribution is 7.16. The Bertz CT molecular complexity index is 1190. The van der Waals surface area contributed by atoms with Crippen molar-refractivity contribution in [2.24, 2.45) is 4.99 Å². The lowest BCUT2D eigenvalue weighted by Crippen LogP contribution is -2.23.